The van der Waals surface area contributed by atoms with E-state index in [-0.39, 0.29) is 10.8 Å². The number of hydrogen-bond acceptors (Lipinski definition) is 7. The van der Waals surface area contributed by atoms with Crippen molar-refractivity contribution in [3.63, 3.8) is 0 Å². The van der Waals surface area contributed by atoms with E-state index in [1.165, 1.54) is 30.4 Å². The molecule has 0 aliphatic carbocycles. The van der Waals surface area contributed by atoms with Crippen molar-refractivity contribution in [2.24, 2.45) is 0 Å². The number of ether oxygens (including phenoxy) is 1. The van der Waals surface area contributed by atoms with E-state index in [4.69, 9.17) is 0 Å². The van der Waals surface area contributed by atoms with Crippen molar-refractivity contribution in [1.82, 2.24) is 4.98 Å². The maximum Gasteiger partial charge on any atom is 0.303 e. The zero-order valence-electron chi connectivity index (χ0n) is 12.4. The third-order valence-electron chi connectivity index (χ3n) is 2.71. The lowest BCUT2D eigenvalue weighted by Gasteiger charge is -2.05. The van der Waals surface area contributed by atoms with Gasteiger partial charge in [0.15, 0.2) is 11.1 Å². The normalized spacial score (nSPS) is 11.0. The predicted molar refractivity (Wildman–Crippen MR) is 85.7 cm³/mol. The van der Waals surface area contributed by atoms with Gasteiger partial charge in [0.05, 0.1) is 10.6 Å². The van der Waals surface area contributed by atoms with Crippen LogP contribution in [0.3, 0.4) is 0 Å². The number of nitrogens with one attached hydrogen (secondary N) is 1. The highest BCUT2D eigenvalue weighted by Gasteiger charge is 2.16. The molecule has 1 amide bonds. The van der Waals surface area contributed by atoms with E-state index >= 15 is 0 Å². The van der Waals surface area contributed by atoms with Crippen molar-refractivity contribution < 1.29 is 22.7 Å². The zero-order chi connectivity index (χ0) is 17.0. The van der Waals surface area contributed by atoms with Crippen LogP contribution in [0.2, 0.25) is 0 Å². The fourth-order valence-corrected chi connectivity index (χ4v) is 3.45. The summed E-state index contributed by atoms with van der Waals surface area (Å²) < 4.78 is 28.5. The highest BCUT2D eigenvalue weighted by Crippen LogP contribution is 2.26. The van der Waals surface area contributed by atoms with Crippen LogP contribution >= 0.6 is 11.3 Å². The Bertz CT molecular complexity index is 825. The van der Waals surface area contributed by atoms with Crippen LogP contribution in [0.25, 0.3) is 11.3 Å². The quantitative estimate of drug-likeness (QED) is 0.825. The van der Waals surface area contributed by atoms with E-state index in [0.717, 1.165) is 6.92 Å². The second kappa shape index (κ2) is 6.88. The fourth-order valence-electron chi connectivity index (χ4n) is 1.68. The lowest BCUT2D eigenvalue weighted by molar-refractivity contribution is -0.138. The van der Waals surface area contributed by atoms with Crippen molar-refractivity contribution in [3.8, 4) is 11.3 Å². The zero-order valence-corrected chi connectivity index (χ0v) is 14.0. The number of thiazole rings is 1. The van der Waals surface area contributed by atoms with Gasteiger partial charge in [-0.25, -0.2) is 13.4 Å². The van der Waals surface area contributed by atoms with Gasteiger partial charge >= 0.3 is 5.97 Å². The Morgan fingerprint density at radius 2 is 1.87 bits per heavy atom. The molecule has 0 unspecified atom stereocenters. The first kappa shape index (κ1) is 17.1. The van der Waals surface area contributed by atoms with Crippen LogP contribution in [0.15, 0.2) is 34.5 Å². The Labute approximate surface area is 137 Å². The molecule has 0 radical (unpaired) electrons. The minimum absolute atomic E-state index is 0.0554. The number of benzene rings is 1. The molecule has 7 nitrogen and oxygen atoms in total. The van der Waals surface area contributed by atoms with Crippen LogP contribution in [0.4, 0.5) is 5.13 Å². The second-order valence-corrected chi connectivity index (χ2v) is 7.41. The number of sulfone groups is 1. The van der Waals surface area contributed by atoms with Crippen LogP contribution in [-0.2, 0) is 24.2 Å². The van der Waals surface area contributed by atoms with Crippen molar-refractivity contribution in [1.29, 1.82) is 0 Å². The number of carbonyl (C=O) groups excluding carboxylic acids is 2. The molecular weight excluding hydrogens is 340 g/mol. The van der Waals surface area contributed by atoms with E-state index in [1.54, 1.807) is 17.5 Å². The van der Waals surface area contributed by atoms with Gasteiger partial charge in [-0.2, -0.15) is 0 Å². The lowest BCUT2D eigenvalue weighted by Crippen LogP contribution is -2.12. The van der Waals surface area contributed by atoms with Gasteiger partial charge in [0, 0.05) is 24.8 Å². The van der Waals surface area contributed by atoms with Crippen LogP contribution < -0.4 is 5.32 Å². The molecule has 0 atom stereocenters. The Morgan fingerprint density at radius 1 is 1.22 bits per heavy atom. The molecule has 0 saturated carbocycles. The minimum Gasteiger partial charge on any atom is -0.449 e. The predicted octanol–water partition coefficient (Wildman–Crippen LogP) is 2.06. The summed E-state index contributed by atoms with van der Waals surface area (Å²) in [6, 6.07) is 6.05. The van der Waals surface area contributed by atoms with E-state index in [1.807, 2.05) is 0 Å². The molecule has 122 valence electrons. The Balaban J connectivity index is 2.17. The molecule has 2 aromatic rings. The van der Waals surface area contributed by atoms with Crippen LogP contribution in [0.1, 0.15) is 13.8 Å². The third-order valence-corrected chi connectivity index (χ3v) is 4.89. The van der Waals surface area contributed by atoms with Crippen molar-refractivity contribution in [3.05, 3.63) is 29.6 Å². The molecule has 0 spiro atoms. The summed E-state index contributed by atoms with van der Waals surface area (Å²) in [6.45, 7) is 2.54. The van der Waals surface area contributed by atoms with Gasteiger partial charge in [-0.1, -0.05) is 12.1 Å². The third kappa shape index (κ3) is 4.60. The minimum atomic E-state index is -3.68. The largest absolute Gasteiger partial charge is 0.449 e. The van der Waals surface area contributed by atoms with Gasteiger partial charge < -0.3 is 10.1 Å². The monoisotopic (exact) mass is 354 g/mol. The number of esters is 1. The lowest BCUT2D eigenvalue weighted by atomic mass is 10.2. The summed E-state index contributed by atoms with van der Waals surface area (Å²) in [6.07, 6.45) is 0. The maximum absolute atomic E-state index is 12.0. The number of anilines is 1. The molecule has 1 heterocycles. The Kier molecular flexibility index (Phi) is 5.12. The highest BCUT2D eigenvalue weighted by atomic mass is 32.2. The molecule has 23 heavy (non-hydrogen) atoms. The van der Waals surface area contributed by atoms with Crippen molar-refractivity contribution in [2.45, 2.75) is 18.7 Å². The van der Waals surface area contributed by atoms with Gasteiger partial charge in [0.25, 0.3) is 0 Å². The number of nitrogens with zero attached hydrogens (tertiary/aromatic N) is 1. The summed E-state index contributed by atoms with van der Waals surface area (Å²) in [5.41, 5.74) is 1.34. The first-order valence-electron chi connectivity index (χ1n) is 6.47. The Morgan fingerprint density at radius 3 is 2.43 bits per heavy atom. The van der Waals surface area contributed by atoms with Gasteiger partial charge in [0.1, 0.15) is 0 Å². The summed E-state index contributed by atoms with van der Waals surface area (Å²) >= 11 is 1.27. The van der Waals surface area contributed by atoms with Crippen LogP contribution in [0, 0.1) is 0 Å². The van der Waals surface area contributed by atoms with E-state index in [9.17, 15) is 18.0 Å². The van der Waals surface area contributed by atoms with E-state index in [0.29, 0.717) is 16.4 Å². The first-order chi connectivity index (χ1) is 10.8. The average Bonchev–Trinajstić information content (AvgIpc) is 2.93. The van der Waals surface area contributed by atoms with Gasteiger partial charge in [-0.15, -0.1) is 11.3 Å². The van der Waals surface area contributed by atoms with Gasteiger partial charge in [0.2, 0.25) is 15.7 Å². The Hall–Kier alpha value is -2.26. The second-order valence-electron chi connectivity index (χ2n) is 4.61. The molecule has 0 saturated heterocycles. The molecule has 1 N–H and O–H groups in total. The average molecular weight is 354 g/mol. The highest BCUT2D eigenvalue weighted by molar-refractivity contribution is 7.91. The number of hydrogen-bond donors (Lipinski definition) is 1. The molecule has 0 fully saturated rings. The summed E-state index contributed by atoms with van der Waals surface area (Å²) in [5.74, 6) is -1.55. The van der Waals surface area contributed by atoms with E-state index < -0.39 is 21.7 Å². The molecule has 0 bridgehead atoms. The number of carbonyl (C=O) groups is 2. The molecule has 2 rings (SSSR count). The number of aromatic nitrogens is 1. The van der Waals surface area contributed by atoms with Gasteiger partial charge in [-0.05, 0) is 12.1 Å². The molecular formula is C14H14N2O5S2. The first-order valence-corrected chi connectivity index (χ1v) is 9.01. The van der Waals surface area contributed by atoms with Gasteiger partial charge in [-0.3, -0.25) is 9.59 Å². The number of rotatable bonds is 5. The van der Waals surface area contributed by atoms with E-state index in [2.05, 4.69) is 15.0 Å². The summed E-state index contributed by atoms with van der Waals surface area (Å²) in [4.78, 5) is 26.0. The van der Waals surface area contributed by atoms with Crippen LogP contribution in [-0.4, -0.2) is 31.2 Å². The van der Waals surface area contributed by atoms with Crippen molar-refractivity contribution in [2.75, 3.05) is 11.3 Å². The topological polar surface area (TPSA) is 102 Å². The standard InChI is InChI=1S/C14H14N2O5S2/c1-9(17)15-14-16-13(7-22-14)11-3-5-12(6-4-11)23(19,20)8-21-10(2)18/h3-7H,8H2,1-2H3,(H,15,16,17). The smallest absolute Gasteiger partial charge is 0.303 e. The molecule has 0 aliphatic heterocycles. The number of amides is 1. The summed E-state index contributed by atoms with van der Waals surface area (Å²) in [7, 11) is -3.68. The molecule has 1 aromatic heterocycles. The molecule has 9 heteroatoms. The molecule has 0 aliphatic rings. The maximum atomic E-state index is 12.0. The molecule has 1 aromatic carbocycles. The van der Waals surface area contributed by atoms with Crippen LogP contribution in [0.5, 0.6) is 0 Å². The fraction of sp³-hybridized carbons (Fsp3) is 0.214. The SMILES string of the molecule is CC(=O)Nc1nc(-c2ccc(S(=O)(=O)COC(C)=O)cc2)cs1. The van der Waals surface area contributed by atoms with Crippen molar-refractivity contribution >= 4 is 38.2 Å². The summed E-state index contributed by atoms with van der Waals surface area (Å²) in [5, 5.41) is 4.81.